The van der Waals surface area contributed by atoms with Crippen LogP contribution in [0.3, 0.4) is 0 Å². The van der Waals surface area contributed by atoms with Crippen molar-refractivity contribution in [3.63, 3.8) is 0 Å². The first kappa shape index (κ1) is 18.3. The highest BCUT2D eigenvalue weighted by atomic mass is 32.2. The lowest BCUT2D eigenvalue weighted by molar-refractivity contribution is -0.119. The van der Waals surface area contributed by atoms with Gasteiger partial charge in [-0.3, -0.25) is 4.79 Å². The van der Waals surface area contributed by atoms with Gasteiger partial charge in [0.05, 0.1) is 4.90 Å². The smallest absolute Gasteiger partial charge is 0.264 e. The molecule has 0 saturated heterocycles. The molecule has 26 heavy (non-hydrogen) atoms. The molecule has 2 aromatic heterocycles. The third kappa shape index (κ3) is 4.17. The second kappa shape index (κ2) is 7.38. The predicted molar refractivity (Wildman–Crippen MR) is 97.2 cm³/mol. The molecule has 7 nitrogen and oxygen atoms in total. The summed E-state index contributed by atoms with van der Waals surface area (Å²) in [7, 11) is -3.91. The molecule has 0 saturated carbocycles. The van der Waals surface area contributed by atoms with Gasteiger partial charge in [-0.05, 0) is 36.9 Å². The van der Waals surface area contributed by atoms with Crippen LogP contribution in [0.5, 0.6) is 0 Å². The van der Waals surface area contributed by atoms with Crippen LogP contribution in [0.25, 0.3) is 11.5 Å². The van der Waals surface area contributed by atoms with Crippen molar-refractivity contribution < 1.29 is 17.6 Å². The summed E-state index contributed by atoms with van der Waals surface area (Å²) in [6, 6.07) is 6.79. The summed E-state index contributed by atoms with van der Waals surface area (Å²) >= 11 is 1.51. The number of hydrogen-bond donors (Lipinski definition) is 1. The Labute approximate surface area is 155 Å². The molecule has 3 rings (SSSR count). The van der Waals surface area contributed by atoms with E-state index in [9.17, 15) is 13.2 Å². The molecule has 0 fully saturated rings. The molecule has 1 amide bonds. The van der Waals surface area contributed by atoms with Crippen LogP contribution in [-0.4, -0.2) is 24.5 Å². The topological polar surface area (TPSA) is 102 Å². The lowest BCUT2D eigenvalue weighted by Crippen LogP contribution is -2.31. The molecule has 0 aliphatic rings. The van der Waals surface area contributed by atoms with Crippen LogP contribution in [0.2, 0.25) is 0 Å². The largest absolute Gasteiger partial charge is 0.421 e. The Morgan fingerprint density at radius 2 is 2.04 bits per heavy atom. The molecule has 3 aromatic rings. The van der Waals surface area contributed by atoms with Gasteiger partial charge in [-0.2, -0.15) is 11.3 Å². The van der Waals surface area contributed by atoms with E-state index in [1.54, 1.807) is 19.1 Å². The van der Waals surface area contributed by atoms with E-state index in [4.69, 9.17) is 4.42 Å². The highest BCUT2D eigenvalue weighted by molar-refractivity contribution is 7.90. The second-order valence-corrected chi connectivity index (χ2v) is 8.24. The van der Waals surface area contributed by atoms with Gasteiger partial charge < -0.3 is 4.42 Å². The van der Waals surface area contributed by atoms with Gasteiger partial charge in [-0.15, -0.1) is 10.2 Å². The predicted octanol–water partition coefficient (Wildman–Crippen LogP) is 2.85. The van der Waals surface area contributed by atoms with Gasteiger partial charge in [0.15, 0.2) is 0 Å². The Bertz CT molecular complexity index is 1020. The number of benzene rings is 1. The molecule has 0 aliphatic carbocycles. The number of carbonyl (C=O) groups excluding carboxylic acids is 1. The lowest BCUT2D eigenvalue weighted by Gasteiger charge is -2.09. The summed E-state index contributed by atoms with van der Waals surface area (Å²) in [5.41, 5.74) is 2.35. The van der Waals surface area contributed by atoms with Crippen LogP contribution in [-0.2, 0) is 21.2 Å². The molecule has 0 atom stereocenters. The highest BCUT2D eigenvalue weighted by Gasteiger charge is 2.20. The first-order valence-electron chi connectivity index (χ1n) is 7.83. The SMILES string of the molecule is Cc1ccc(S(=O)(=O)NC(=O)CCc2nnc(-c3ccsc3)o2)c(C)c1. The normalized spacial score (nSPS) is 11.5. The molecule has 2 heterocycles. The summed E-state index contributed by atoms with van der Waals surface area (Å²) < 4.78 is 32.3. The van der Waals surface area contributed by atoms with E-state index < -0.39 is 15.9 Å². The van der Waals surface area contributed by atoms with Crippen LogP contribution in [0, 0.1) is 13.8 Å². The number of nitrogens with zero attached hydrogens (tertiary/aromatic N) is 2. The maximum Gasteiger partial charge on any atom is 0.264 e. The maximum atomic E-state index is 12.4. The van der Waals surface area contributed by atoms with E-state index in [1.807, 2.05) is 23.8 Å². The summed E-state index contributed by atoms with van der Waals surface area (Å²) in [5.74, 6) is 0.0371. The second-order valence-electron chi connectivity index (χ2n) is 5.81. The Morgan fingerprint density at radius 1 is 1.23 bits per heavy atom. The number of carbonyl (C=O) groups is 1. The van der Waals surface area contributed by atoms with Crippen molar-refractivity contribution in [2.45, 2.75) is 31.6 Å². The van der Waals surface area contributed by atoms with E-state index >= 15 is 0 Å². The molecule has 0 bridgehead atoms. The van der Waals surface area contributed by atoms with Gasteiger partial charge >= 0.3 is 0 Å². The van der Waals surface area contributed by atoms with Gasteiger partial charge in [-0.1, -0.05) is 17.7 Å². The fraction of sp³-hybridized carbons (Fsp3) is 0.235. The van der Waals surface area contributed by atoms with Crippen molar-refractivity contribution in [1.29, 1.82) is 0 Å². The Hall–Kier alpha value is -2.52. The summed E-state index contributed by atoms with van der Waals surface area (Å²) in [5, 5.41) is 11.6. The van der Waals surface area contributed by atoms with Crippen LogP contribution in [0.4, 0.5) is 0 Å². The lowest BCUT2D eigenvalue weighted by atomic mass is 10.2. The van der Waals surface area contributed by atoms with Crippen molar-refractivity contribution >= 4 is 27.3 Å². The number of rotatable bonds is 6. The zero-order chi connectivity index (χ0) is 18.7. The molecule has 0 unspecified atom stereocenters. The monoisotopic (exact) mass is 391 g/mol. The average molecular weight is 391 g/mol. The van der Waals surface area contributed by atoms with E-state index in [2.05, 4.69) is 14.9 Å². The zero-order valence-corrected chi connectivity index (χ0v) is 15.9. The number of hydrogen-bond acceptors (Lipinski definition) is 7. The fourth-order valence-electron chi connectivity index (χ4n) is 2.43. The number of amides is 1. The molecular weight excluding hydrogens is 374 g/mol. The van der Waals surface area contributed by atoms with Crippen molar-refractivity contribution in [2.24, 2.45) is 0 Å². The number of thiophene rings is 1. The summed E-state index contributed by atoms with van der Waals surface area (Å²) in [6.07, 6.45) is 0.0841. The fourth-order valence-corrected chi connectivity index (χ4v) is 4.31. The van der Waals surface area contributed by atoms with Gasteiger partial charge in [0, 0.05) is 23.8 Å². The zero-order valence-electron chi connectivity index (χ0n) is 14.2. The average Bonchev–Trinajstić information content (AvgIpc) is 3.23. The molecule has 0 spiro atoms. The summed E-state index contributed by atoms with van der Waals surface area (Å²) in [4.78, 5) is 12.1. The minimum atomic E-state index is -3.91. The molecule has 9 heteroatoms. The van der Waals surface area contributed by atoms with Crippen molar-refractivity contribution in [3.05, 3.63) is 52.0 Å². The minimum Gasteiger partial charge on any atom is -0.421 e. The highest BCUT2D eigenvalue weighted by Crippen LogP contribution is 2.21. The summed E-state index contributed by atoms with van der Waals surface area (Å²) in [6.45, 7) is 3.56. The molecular formula is C17H17N3O4S2. The molecule has 0 radical (unpaired) electrons. The Balaban J connectivity index is 1.62. The molecule has 1 N–H and O–H groups in total. The number of nitrogens with one attached hydrogen (secondary N) is 1. The minimum absolute atomic E-state index is 0.0740. The number of aromatic nitrogens is 2. The number of aryl methyl sites for hydroxylation is 3. The van der Waals surface area contributed by atoms with E-state index in [0.29, 0.717) is 11.5 Å². The van der Waals surface area contributed by atoms with Gasteiger partial charge in [0.25, 0.3) is 10.0 Å². The van der Waals surface area contributed by atoms with Crippen LogP contribution in [0.15, 0.2) is 44.3 Å². The van der Waals surface area contributed by atoms with Gasteiger partial charge in [-0.25, -0.2) is 13.1 Å². The van der Waals surface area contributed by atoms with Crippen molar-refractivity contribution in [2.75, 3.05) is 0 Å². The van der Waals surface area contributed by atoms with E-state index in [0.717, 1.165) is 11.1 Å². The molecule has 136 valence electrons. The van der Waals surface area contributed by atoms with E-state index in [1.165, 1.54) is 17.4 Å². The molecule has 0 aliphatic heterocycles. The van der Waals surface area contributed by atoms with Crippen molar-refractivity contribution in [3.8, 4) is 11.5 Å². The first-order valence-corrected chi connectivity index (χ1v) is 10.3. The van der Waals surface area contributed by atoms with Crippen molar-refractivity contribution in [1.82, 2.24) is 14.9 Å². The van der Waals surface area contributed by atoms with Gasteiger partial charge in [0.1, 0.15) is 0 Å². The standard InChI is InChI=1S/C17H17N3O4S2/c1-11-3-4-14(12(2)9-11)26(22,23)20-15(21)5-6-16-18-19-17(24-16)13-7-8-25-10-13/h3-4,7-10H,5-6H2,1-2H3,(H,20,21). The Morgan fingerprint density at radius 3 is 2.73 bits per heavy atom. The van der Waals surface area contributed by atoms with E-state index in [-0.39, 0.29) is 23.6 Å². The van der Waals surface area contributed by atoms with Crippen LogP contribution in [0.1, 0.15) is 23.4 Å². The Kier molecular flexibility index (Phi) is 5.19. The van der Waals surface area contributed by atoms with Gasteiger partial charge in [0.2, 0.25) is 17.7 Å². The third-order valence-electron chi connectivity index (χ3n) is 3.67. The van der Waals surface area contributed by atoms with Crippen LogP contribution >= 0.6 is 11.3 Å². The maximum absolute atomic E-state index is 12.4. The number of sulfonamides is 1. The molecule has 1 aromatic carbocycles. The third-order valence-corrected chi connectivity index (χ3v) is 5.89. The van der Waals surface area contributed by atoms with Crippen LogP contribution < -0.4 is 4.72 Å². The first-order chi connectivity index (χ1) is 12.3. The quantitative estimate of drug-likeness (QED) is 0.693.